The van der Waals surface area contributed by atoms with Crippen molar-refractivity contribution in [3.63, 3.8) is 0 Å². The molecule has 1 heterocycles. The third-order valence-electron chi connectivity index (χ3n) is 3.83. The maximum absolute atomic E-state index is 13.6. The summed E-state index contributed by atoms with van der Waals surface area (Å²) in [5.74, 6) is -1.30. The van der Waals surface area contributed by atoms with E-state index in [1.165, 1.54) is 19.2 Å². The predicted octanol–water partition coefficient (Wildman–Crippen LogP) is 4.26. The molecule has 3 aromatic rings. The molecule has 0 atom stereocenters. The van der Waals surface area contributed by atoms with Gasteiger partial charge in [-0.2, -0.15) is 4.99 Å². The summed E-state index contributed by atoms with van der Waals surface area (Å²) in [4.78, 5) is 30.0. The third kappa shape index (κ3) is 4.69. The maximum Gasteiger partial charge on any atom is 0.325 e. The van der Waals surface area contributed by atoms with Gasteiger partial charge in [-0.15, -0.1) is 11.8 Å². The van der Waals surface area contributed by atoms with Gasteiger partial charge in [0.15, 0.2) is 4.80 Å². The van der Waals surface area contributed by atoms with Crippen LogP contribution in [0.1, 0.15) is 24.2 Å². The number of halogens is 1. The Morgan fingerprint density at radius 2 is 1.93 bits per heavy atom. The zero-order chi connectivity index (χ0) is 20.3. The molecule has 146 valence electrons. The van der Waals surface area contributed by atoms with Gasteiger partial charge in [-0.05, 0) is 42.5 Å². The van der Waals surface area contributed by atoms with Crippen molar-refractivity contribution in [3.05, 3.63) is 58.6 Å². The topological polar surface area (TPSA) is 60.7 Å². The minimum absolute atomic E-state index is 0.113. The zero-order valence-electron chi connectivity index (χ0n) is 15.6. The Bertz CT molecular complexity index is 1090. The summed E-state index contributed by atoms with van der Waals surface area (Å²) in [6.45, 7) is 4.09. The third-order valence-corrected chi connectivity index (χ3v) is 5.89. The van der Waals surface area contributed by atoms with Crippen LogP contribution in [0.5, 0.6) is 0 Å². The van der Waals surface area contributed by atoms with Crippen molar-refractivity contribution in [1.82, 2.24) is 4.57 Å². The molecule has 0 N–H and O–H groups in total. The molecule has 0 bridgehead atoms. The maximum atomic E-state index is 13.6. The standard InChI is InChI=1S/C20H19FN2O3S2/c1-12(2)27-15-7-4-13(5-8-15)19(25)22-20-23(11-18(24)26-3)16-9-6-14(21)10-17(16)28-20/h4-10,12H,11H2,1-3H3. The second-order valence-corrected chi connectivity index (χ2v) is 8.93. The van der Waals surface area contributed by atoms with Crippen LogP contribution in [0.2, 0.25) is 0 Å². The van der Waals surface area contributed by atoms with Crippen molar-refractivity contribution in [1.29, 1.82) is 0 Å². The summed E-state index contributed by atoms with van der Waals surface area (Å²) >= 11 is 2.86. The van der Waals surface area contributed by atoms with Gasteiger partial charge in [0.25, 0.3) is 5.91 Å². The summed E-state index contributed by atoms with van der Waals surface area (Å²) in [7, 11) is 1.29. The first kappa shape index (κ1) is 20.3. The highest BCUT2D eigenvalue weighted by molar-refractivity contribution is 7.99. The van der Waals surface area contributed by atoms with E-state index in [4.69, 9.17) is 4.74 Å². The Balaban J connectivity index is 2.01. The van der Waals surface area contributed by atoms with E-state index in [0.29, 0.717) is 25.8 Å². The van der Waals surface area contributed by atoms with Crippen LogP contribution in [0.15, 0.2) is 52.4 Å². The van der Waals surface area contributed by atoms with Crippen LogP contribution in [0, 0.1) is 5.82 Å². The first-order valence-electron chi connectivity index (χ1n) is 8.59. The minimum atomic E-state index is -0.479. The number of amides is 1. The second kappa shape index (κ2) is 8.70. The highest BCUT2D eigenvalue weighted by atomic mass is 32.2. The van der Waals surface area contributed by atoms with E-state index in [-0.39, 0.29) is 6.54 Å². The average molecular weight is 419 g/mol. The fourth-order valence-electron chi connectivity index (χ4n) is 2.58. The number of benzene rings is 2. The van der Waals surface area contributed by atoms with Gasteiger partial charge in [0, 0.05) is 15.7 Å². The smallest absolute Gasteiger partial charge is 0.325 e. The molecule has 0 spiro atoms. The van der Waals surface area contributed by atoms with Gasteiger partial charge < -0.3 is 9.30 Å². The molecule has 0 saturated carbocycles. The Morgan fingerprint density at radius 1 is 1.21 bits per heavy atom. The molecule has 5 nitrogen and oxygen atoms in total. The number of nitrogens with zero attached hydrogens (tertiary/aromatic N) is 2. The van der Waals surface area contributed by atoms with Crippen LogP contribution in [0.3, 0.4) is 0 Å². The molecule has 0 aliphatic carbocycles. The predicted molar refractivity (Wildman–Crippen MR) is 109 cm³/mol. The average Bonchev–Trinajstić information content (AvgIpc) is 2.97. The van der Waals surface area contributed by atoms with E-state index in [1.54, 1.807) is 34.5 Å². The van der Waals surface area contributed by atoms with Crippen LogP contribution in [0.4, 0.5) is 4.39 Å². The summed E-state index contributed by atoms with van der Waals surface area (Å²) in [5, 5.41) is 0.447. The molecule has 1 amide bonds. The lowest BCUT2D eigenvalue weighted by atomic mass is 10.2. The SMILES string of the molecule is COC(=O)Cn1c(=NC(=O)c2ccc(SC(C)C)cc2)sc2cc(F)ccc21. The molecule has 2 aromatic carbocycles. The van der Waals surface area contributed by atoms with Crippen LogP contribution in [-0.2, 0) is 16.1 Å². The summed E-state index contributed by atoms with van der Waals surface area (Å²) < 4.78 is 20.5. The number of thiazole rings is 1. The molecule has 3 rings (SSSR count). The number of esters is 1. The fraction of sp³-hybridized carbons (Fsp3) is 0.250. The van der Waals surface area contributed by atoms with Gasteiger partial charge in [0.1, 0.15) is 12.4 Å². The molecular weight excluding hydrogens is 399 g/mol. The lowest BCUT2D eigenvalue weighted by Crippen LogP contribution is -2.22. The Hall–Kier alpha value is -2.45. The highest BCUT2D eigenvalue weighted by Crippen LogP contribution is 2.23. The van der Waals surface area contributed by atoms with E-state index in [9.17, 15) is 14.0 Å². The van der Waals surface area contributed by atoms with Crippen molar-refractivity contribution in [2.75, 3.05) is 7.11 Å². The monoisotopic (exact) mass is 418 g/mol. The van der Waals surface area contributed by atoms with Crippen LogP contribution >= 0.6 is 23.1 Å². The first-order chi connectivity index (χ1) is 13.4. The molecular formula is C20H19FN2O3S2. The normalized spacial score (nSPS) is 12.0. The number of rotatable bonds is 5. The van der Waals surface area contributed by atoms with Crippen LogP contribution in [0.25, 0.3) is 10.2 Å². The van der Waals surface area contributed by atoms with E-state index in [1.807, 2.05) is 12.1 Å². The van der Waals surface area contributed by atoms with E-state index in [2.05, 4.69) is 18.8 Å². The summed E-state index contributed by atoms with van der Waals surface area (Å²) in [6.07, 6.45) is 0. The number of carbonyl (C=O) groups excluding carboxylic acids is 2. The molecule has 0 aliphatic rings. The highest BCUT2D eigenvalue weighted by Gasteiger charge is 2.13. The minimum Gasteiger partial charge on any atom is -0.468 e. The van der Waals surface area contributed by atoms with Crippen molar-refractivity contribution >= 4 is 45.2 Å². The van der Waals surface area contributed by atoms with Gasteiger partial charge in [-0.1, -0.05) is 25.2 Å². The summed E-state index contributed by atoms with van der Waals surface area (Å²) in [6, 6.07) is 11.5. The van der Waals surface area contributed by atoms with Crippen molar-refractivity contribution < 1.29 is 18.7 Å². The largest absolute Gasteiger partial charge is 0.468 e. The lowest BCUT2D eigenvalue weighted by molar-refractivity contribution is -0.141. The fourth-order valence-corrected chi connectivity index (χ4v) is 4.47. The lowest BCUT2D eigenvalue weighted by Gasteiger charge is -2.05. The summed E-state index contributed by atoms with van der Waals surface area (Å²) in [5.41, 5.74) is 1.06. The number of hydrogen-bond acceptors (Lipinski definition) is 5. The van der Waals surface area contributed by atoms with Gasteiger partial charge in [-0.25, -0.2) is 4.39 Å². The van der Waals surface area contributed by atoms with Crippen molar-refractivity contribution in [2.24, 2.45) is 4.99 Å². The molecule has 28 heavy (non-hydrogen) atoms. The Morgan fingerprint density at radius 3 is 2.57 bits per heavy atom. The molecule has 0 aliphatic heterocycles. The van der Waals surface area contributed by atoms with E-state index in [0.717, 1.165) is 16.2 Å². The Kier molecular flexibility index (Phi) is 6.31. The van der Waals surface area contributed by atoms with Gasteiger partial charge in [0.2, 0.25) is 0 Å². The van der Waals surface area contributed by atoms with Crippen LogP contribution < -0.4 is 4.80 Å². The van der Waals surface area contributed by atoms with Gasteiger partial charge >= 0.3 is 5.97 Å². The number of carbonyl (C=O) groups is 2. The second-order valence-electron chi connectivity index (χ2n) is 6.27. The number of fused-ring (bicyclic) bond motifs is 1. The number of hydrogen-bond donors (Lipinski definition) is 0. The molecule has 0 saturated heterocycles. The molecule has 1 aromatic heterocycles. The van der Waals surface area contributed by atoms with Crippen LogP contribution in [-0.4, -0.2) is 28.8 Å². The Labute approximate surface area is 169 Å². The molecule has 0 unspecified atom stereocenters. The quantitative estimate of drug-likeness (QED) is 0.459. The molecule has 0 fully saturated rings. The van der Waals surface area contributed by atoms with E-state index < -0.39 is 17.7 Å². The van der Waals surface area contributed by atoms with Crippen molar-refractivity contribution in [2.45, 2.75) is 30.5 Å². The molecule has 0 radical (unpaired) electrons. The zero-order valence-corrected chi connectivity index (χ0v) is 17.3. The van der Waals surface area contributed by atoms with Crippen molar-refractivity contribution in [3.8, 4) is 0 Å². The molecule has 8 heteroatoms. The van der Waals surface area contributed by atoms with E-state index >= 15 is 0 Å². The number of ether oxygens (including phenoxy) is 1. The number of thioether (sulfide) groups is 1. The van der Waals surface area contributed by atoms with Gasteiger partial charge in [0.05, 0.1) is 17.3 Å². The first-order valence-corrected chi connectivity index (χ1v) is 10.3. The van der Waals surface area contributed by atoms with Gasteiger partial charge in [-0.3, -0.25) is 9.59 Å². The number of methoxy groups -OCH3 is 1. The number of aromatic nitrogens is 1.